The summed E-state index contributed by atoms with van der Waals surface area (Å²) >= 11 is 5.94. The molecule has 1 heterocycles. The average molecular weight is 495 g/mol. The normalized spacial score (nSPS) is 10.5. The molecule has 4 rings (SSSR count). The number of rotatable bonds is 9. The van der Waals surface area contributed by atoms with Crippen LogP contribution in [-0.2, 0) is 6.61 Å². The van der Waals surface area contributed by atoms with E-state index in [1.807, 2.05) is 0 Å². The maximum absolute atomic E-state index is 12.7. The summed E-state index contributed by atoms with van der Waals surface area (Å²) in [6.45, 7) is 0.0876. The molecule has 0 fully saturated rings. The van der Waals surface area contributed by atoms with Crippen molar-refractivity contribution in [1.29, 1.82) is 0 Å². The first kappa shape index (κ1) is 23.7. The Kier molecular flexibility index (Phi) is 7.18. The van der Waals surface area contributed by atoms with Crippen molar-refractivity contribution < 1.29 is 28.3 Å². The van der Waals surface area contributed by atoms with E-state index in [0.29, 0.717) is 28.0 Å². The Balaban J connectivity index is 1.45. The summed E-state index contributed by atoms with van der Waals surface area (Å²) in [4.78, 5) is 23.5. The lowest BCUT2D eigenvalue weighted by Crippen LogP contribution is -2.11. The minimum Gasteiger partial charge on any atom is -0.497 e. The molecule has 0 aliphatic heterocycles. The van der Waals surface area contributed by atoms with E-state index in [-0.39, 0.29) is 29.5 Å². The van der Waals surface area contributed by atoms with Crippen molar-refractivity contribution in [2.45, 2.75) is 6.61 Å². The summed E-state index contributed by atoms with van der Waals surface area (Å²) in [6.07, 6.45) is 0. The highest BCUT2D eigenvalue weighted by atomic mass is 35.5. The summed E-state index contributed by atoms with van der Waals surface area (Å²) in [6, 6.07) is 20.6. The number of amides is 1. The van der Waals surface area contributed by atoms with Gasteiger partial charge in [0.1, 0.15) is 35.4 Å². The molecule has 0 spiro atoms. The third-order valence-corrected chi connectivity index (χ3v) is 4.95. The highest BCUT2D eigenvalue weighted by Gasteiger charge is 2.16. The van der Waals surface area contributed by atoms with E-state index < -0.39 is 10.8 Å². The number of anilines is 1. The van der Waals surface area contributed by atoms with Gasteiger partial charge in [0.25, 0.3) is 11.6 Å². The van der Waals surface area contributed by atoms with E-state index in [9.17, 15) is 14.9 Å². The Hall–Kier alpha value is -4.50. The molecule has 0 radical (unpaired) electrons. The van der Waals surface area contributed by atoms with Gasteiger partial charge in [-0.15, -0.1) is 0 Å². The summed E-state index contributed by atoms with van der Waals surface area (Å²) in [5.74, 6) is 1.65. The Morgan fingerprint density at radius 3 is 2.46 bits per heavy atom. The van der Waals surface area contributed by atoms with Crippen LogP contribution in [0.1, 0.15) is 16.3 Å². The number of nitro benzene ring substituents is 1. The Labute approximate surface area is 205 Å². The standard InChI is InChI=1S/C25H19ClN2O7/c1-32-19-5-7-20(8-6-19)34-23-13-17(12-18(14-23)28(30)31)27-25(29)24-10-9-22(35-24)15-33-21-4-2-3-16(26)11-21/h2-14H,15H2,1H3,(H,27,29). The minimum absolute atomic E-state index is 0.0128. The van der Waals surface area contributed by atoms with Crippen LogP contribution in [-0.4, -0.2) is 17.9 Å². The number of furan rings is 1. The van der Waals surface area contributed by atoms with Gasteiger partial charge in [-0.1, -0.05) is 17.7 Å². The number of carbonyl (C=O) groups is 1. The number of benzene rings is 3. The van der Waals surface area contributed by atoms with Crippen LogP contribution in [0.4, 0.5) is 11.4 Å². The van der Waals surface area contributed by atoms with E-state index in [0.717, 1.165) is 0 Å². The van der Waals surface area contributed by atoms with Crippen LogP contribution in [0.25, 0.3) is 0 Å². The van der Waals surface area contributed by atoms with Crippen LogP contribution in [0.15, 0.2) is 83.3 Å². The van der Waals surface area contributed by atoms with Gasteiger partial charge in [0, 0.05) is 17.2 Å². The number of halogens is 1. The van der Waals surface area contributed by atoms with Crippen molar-refractivity contribution >= 4 is 28.9 Å². The largest absolute Gasteiger partial charge is 0.497 e. The number of hydrogen-bond donors (Lipinski definition) is 1. The molecule has 1 amide bonds. The topological polar surface area (TPSA) is 113 Å². The molecule has 1 N–H and O–H groups in total. The van der Waals surface area contributed by atoms with Gasteiger partial charge in [0.15, 0.2) is 5.76 Å². The smallest absolute Gasteiger partial charge is 0.291 e. The molecule has 0 aliphatic rings. The number of nitro groups is 1. The van der Waals surface area contributed by atoms with Gasteiger partial charge in [0.2, 0.25) is 0 Å². The number of non-ortho nitro benzene ring substituents is 1. The summed E-state index contributed by atoms with van der Waals surface area (Å²) < 4.78 is 22.0. The van der Waals surface area contributed by atoms with Crippen molar-refractivity contribution in [2.75, 3.05) is 12.4 Å². The predicted octanol–water partition coefficient (Wildman–Crippen LogP) is 6.47. The third-order valence-electron chi connectivity index (χ3n) is 4.72. The lowest BCUT2D eigenvalue weighted by atomic mass is 10.2. The van der Waals surface area contributed by atoms with Crippen LogP contribution in [0, 0.1) is 10.1 Å². The summed E-state index contributed by atoms with van der Waals surface area (Å²) in [5, 5.41) is 14.5. The van der Waals surface area contributed by atoms with Crippen molar-refractivity contribution in [2.24, 2.45) is 0 Å². The highest BCUT2D eigenvalue weighted by Crippen LogP contribution is 2.31. The lowest BCUT2D eigenvalue weighted by Gasteiger charge is -2.09. The third kappa shape index (κ3) is 6.30. The molecule has 0 saturated carbocycles. The van der Waals surface area contributed by atoms with Gasteiger partial charge in [-0.2, -0.15) is 0 Å². The first-order valence-corrected chi connectivity index (χ1v) is 10.7. The fraction of sp³-hybridized carbons (Fsp3) is 0.0800. The zero-order valence-corrected chi connectivity index (χ0v) is 19.2. The van der Waals surface area contributed by atoms with Crippen LogP contribution in [0.3, 0.4) is 0 Å². The van der Waals surface area contributed by atoms with Crippen molar-refractivity contribution in [3.05, 3.63) is 106 Å². The van der Waals surface area contributed by atoms with Gasteiger partial charge in [-0.3, -0.25) is 14.9 Å². The second-order valence-corrected chi connectivity index (χ2v) is 7.65. The molecule has 35 heavy (non-hydrogen) atoms. The van der Waals surface area contributed by atoms with Gasteiger partial charge in [0.05, 0.1) is 23.8 Å². The predicted molar refractivity (Wildman–Crippen MR) is 129 cm³/mol. The van der Waals surface area contributed by atoms with Gasteiger partial charge in [-0.25, -0.2) is 0 Å². The number of hydrogen-bond acceptors (Lipinski definition) is 7. The van der Waals surface area contributed by atoms with Crippen LogP contribution >= 0.6 is 11.6 Å². The molecule has 0 unspecified atom stereocenters. The first-order chi connectivity index (χ1) is 16.9. The van der Waals surface area contributed by atoms with E-state index in [1.165, 1.54) is 24.3 Å². The van der Waals surface area contributed by atoms with Crippen LogP contribution in [0.5, 0.6) is 23.0 Å². The molecule has 10 heteroatoms. The second-order valence-electron chi connectivity index (χ2n) is 7.22. The van der Waals surface area contributed by atoms with E-state index in [1.54, 1.807) is 61.7 Å². The molecule has 9 nitrogen and oxygen atoms in total. The number of nitrogens with zero attached hydrogens (tertiary/aromatic N) is 1. The maximum Gasteiger partial charge on any atom is 0.291 e. The molecule has 0 saturated heterocycles. The minimum atomic E-state index is -0.588. The monoisotopic (exact) mass is 494 g/mol. The van der Waals surface area contributed by atoms with Crippen LogP contribution < -0.4 is 19.5 Å². The van der Waals surface area contributed by atoms with Crippen LogP contribution in [0.2, 0.25) is 5.02 Å². The van der Waals surface area contributed by atoms with Crippen molar-refractivity contribution in [3.8, 4) is 23.0 Å². The van der Waals surface area contributed by atoms with Crippen molar-refractivity contribution in [3.63, 3.8) is 0 Å². The molecular weight excluding hydrogens is 476 g/mol. The summed E-state index contributed by atoms with van der Waals surface area (Å²) in [5.41, 5.74) is -0.0813. The first-order valence-electron chi connectivity index (χ1n) is 10.3. The molecule has 178 valence electrons. The quantitative estimate of drug-likeness (QED) is 0.209. The van der Waals surface area contributed by atoms with E-state index in [2.05, 4.69) is 5.32 Å². The molecular formula is C25H19ClN2O7. The Morgan fingerprint density at radius 1 is 0.971 bits per heavy atom. The fourth-order valence-electron chi connectivity index (χ4n) is 3.08. The Bertz CT molecular complexity index is 1350. The zero-order chi connectivity index (χ0) is 24.8. The van der Waals surface area contributed by atoms with Gasteiger partial charge in [-0.05, 0) is 54.6 Å². The number of ether oxygens (including phenoxy) is 3. The molecule has 0 atom stereocenters. The lowest BCUT2D eigenvalue weighted by molar-refractivity contribution is -0.384. The molecule has 3 aromatic carbocycles. The molecule has 4 aromatic rings. The Morgan fingerprint density at radius 2 is 1.74 bits per heavy atom. The average Bonchev–Trinajstić information content (AvgIpc) is 3.32. The SMILES string of the molecule is COc1ccc(Oc2cc(NC(=O)c3ccc(COc4cccc(Cl)c4)o3)cc([N+](=O)[O-])c2)cc1. The van der Waals surface area contributed by atoms with E-state index in [4.69, 9.17) is 30.2 Å². The fourth-order valence-corrected chi connectivity index (χ4v) is 3.26. The summed E-state index contributed by atoms with van der Waals surface area (Å²) in [7, 11) is 1.54. The van der Waals surface area contributed by atoms with Gasteiger partial charge >= 0.3 is 0 Å². The second kappa shape index (κ2) is 10.6. The molecule has 0 aliphatic carbocycles. The van der Waals surface area contributed by atoms with Gasteiger partial charge < -0.3 is 23.9 Å². The van der Waals surface area contributed by atoms with Crippen molar-refractivity contribution in [1.82, 2.24) is 0 Å². The van der Waals surface area contributed by atoms with E-state index >= 15 is 0 Å². The molecule has 0 bridgehead atoms. The number of nitrogens with one attached hydrogen (secondary N) is 1. The highest BCUT2D eigenvalue weighted by molar-refractivity contribution is 6.30. The number of methoxy groups -OCH3 is 1. The maximum atomic E-state index is 12.7. The molecule has 1 aromatic heterocycles. The number of carbonyl (C=O) groups excluding carboxylic acids is 1. The zero-order valence-electron chi connectivity index (χ0n) is 18.4.